The Kier molecular flexibility index (Phi) is 7.01. The molecule has 0 heterocycles. The summed E-state index contributed by atoms with van der Waals surface area (Å²) >= 11 is 0. The zero-order chi connectivity index (χ0) is 19.1. The van der Waals surface area contributed by atoms with Crippen molar-refractivity contribution in [2.45, 2.75) is 40.5 Å². The van der Waals surface area contributed by atoms with E-state index in [4.69, 9.17) is 14.2 Å². The van der Waals surface area contributed by atoms with E-state index in [9.17, 15) is 9.59 Å². The lowest BCUT2D eigenvalue weighted by Crippen LogP contribution is -2.19. The predicted molar refractivity (Wildman–Crippen MR) is 101 cm³/mol. The maximum atomic E-state index is 12.8. The summed E-state index contributed by atoms with van der Waals surface area (Å²) < 4.78 is 16.3. The van der Waals surface area contributed by atoms with Gasteiger partial charge in [0, 0.05) is 5.39 Å². The minimum Gasteiger partial charge on any atom is -0.492 e. The first-order valence-electron chi connectivity index (χ1n) is 9.15. The van der Waals surface area contributed by atoms with Gasteiger partial charge in [-0.2, -0.15) is 0 Å². The van der Waals surface area contributed by atoms with E-state index in [1.54, 1.807) is 13.8 Å². The van der Waals surface area contributed by atoms with Crippen LogP contribution >= 0.6 is 0 Å². The van der Waals surface area contributed by atoms with Gasteiger partial charge in [0.1, 0.15) is 11.3 Å². The molecule has 26 heavy (non-hydrogen) atoms. The molecule has 0 N–H and O–H groups in total. The monoisotopic (exact) mass is 358 g/mol. The smallest absolute Gasteiger partial charge is 0.342 e. The molecule has 0 radical (unpaired) electrons. The number of carbonyl (C=O) groups excluding carboxylic acids is 2. The zero-order valence-electron chi connectivity index (χ0n) is 15.9. The Morgan fingerprint density at radius 1 is 0.808 bits per heavy atom. The van der Waals surface area contributed by atoms with Crippen LogP contribution in [0.1, 0.15) is 60.4 Å². The van der Waals surface area contributed by atoms with Gasteiger partial charge in [-0.3, -0.25) is 0 Å². The van der Waals surface area contributed by atoms with E-state index in [0.29, 0.717) is 18.8 Å². The minimum atomic E-state index is -0.567. The van der Waals surface area contributed by atoms with Crippen molar-refractivity contribution in [2.75, 3.05) is 19.8 Å². The molecule has 2 rings (SSSR count). The number of aryl methyl sites for hydroxylation is 1. The van der Waals surface area contributed by atoms with Gasteiger partial charge in [0.15, 0.2) is 0 Å². The molecule has 0 bridgehead atoms. The fourth-order valence-corrected chi connectivity index (χ4v) is 3.11. The molecule has 0 fully saturated rings. The summed E-state index contributed by atoms with van der Waals surface area (Å²) in [6.07, 6.45) is 1.47. The molecule has 0 aliphatic carbocycles. The first-order chi connectivity index (χ1) is 12.6. The van der Waals surface area contributed by atoms with Crippen LogP contribution < -0.4 is 4.74 Å². The Balaban J connectivity index is 2.95. The SMILES string of the molecule is CCCc1c(C(=O)OCC)c(C(=O)OCC)c(OCC)c2ccccc12. The van der Waals surface area contributed by atoms with E-state index in [0.717, 1.165) is 22.8 Å². The van der Waals surface area contributed by atoms with Crippen LogP contribution in [0, 0.1) is 0 Å². The van der Waals surface area contributed by atoms with E-state index in [1.807, 2.05) is 38.1 Å². The average Bonchev–Trinajstić information content (AvgIpc) is 2.63. The maximum Gasteiger partial charge on any atom is 0.342 e. The van der Waals surface area contributed by atoms with E-state index in [-0.39, 0.29) is 24.3 Å². The largest absolute Gasteiger partial charge is 0.492 e. The highest BCUT2D eigenvalue weighted by Gasteiger charge is 2.30. The molecule has 0 aliphatic heterocycles. The second-order valence-corrected chi connectivity index (χ2v) is 5.73. The van der Waals surface area contributed by atoms with Crippen molar-refractivity contribution in [3.8, 4) is 5.75 Å². The van der Waals surface area contributed by atoms with Gasteiger partial charge in [0.2, 0.25) is 0 Å². The topological polar surface area (TPSA) is 61.8 Å². The number of rotatable bonds is 8. The van der Waals surface area contributed by atoms with Crippen LogP contribution in [-0.4, -0.2) is 31.8 Å². The lowest BCUT2D eigenvalue weighted by molar-refractivity contribution is 0.0474. The van der Waals surface area contributed by atoms with Crippen LogP contribution in [0.25, 0.3) is 10.8 Å². The van der Waals surface area contributed by atoms with Gasteiger partial charge in [-0.05, 0) is 38.1 Å². The molecule has 0 amide bonds. The van der Waals surface area contributed by atoms with Crippen LogP contribution in [0.4, 0.5) is 0 Å². The highest BCUT2D eigenvalue weighted by molar-refractivity contribution is 6.13. The fraction of sp³-hybridized carbons (Fsp3) is 0.429. The van der Waals surface area contributed by atoms with Gasteiger partial charge in [-0.25, -0.2) is 9.59 Å². The van der Waals surface area contributed by atoms with Gasteiger partial charge >= 0.3 is 11.9 Å². The van der Waals surface area contributed by atoms with Crippen molar-refractivity contribution in [1.29, 1.82) is 0 Å². The lowest BCUT2D eigenvalue weighted by atomic mass is 9.90. The molecule has 0 aromatic heterocycles. The third kappa shape index (κ3) is 3.82. The number of ether oxygens (including phenoxy) is 3. The van der Waals surface area contributed by atoms with Crippen molar-refractivity contribution in [3.05, 3.63) is 41.0 Å². The summed E-state index contributed by atoms with van der Waals surface area (Å²) in [5.74, 6) is -0.711. The Morgan fingerprint density at radius 3 is 1.92 bits per heavy atom. The molecule has 5 heteroatoms. The third-order valence-electron chi connectivity index (χ3n) is 4.02. The van der Waals surface area contributed by atoms with Crippen molar-refractivity contribution in [2.24, 2.45) is 0 Å². The molecule has 0 saturated carbocycles. The molecule has 0 saturated heterocycles. The molecular formula is C21H26O5. The van der Waals surface area contributed by atoms with Gasteiger partial charge in [-0.15, -0.1) is 0 Å². The van der Waals surface area contributed by atoms with Crippen LogP contribution in [0.3, 0.4) is 0 Å². The molecule has 0 atom stereocenters. The van der Waals surface area contributed by atoms with Crippen molar-refractivity contribution in [1.82, 2.24) is 0 Å². The summed E-state index contributed by atoms with van der Waals surface area (Å²) in [5, 5.41) is 1.70. The number of carbonyl (C=O) groups is 2. The summed E-state index contributed by atoms with van der Waals surface area (Å²) in [6.45, 7) is 8.15. The Morgan fingerprint density at radius 2 is 1.38 bits per heavy atom. The van der Waals surface area contributed by atoms with Gasteiger partial charge in [-0.1, -0.05) is 37.6 Å². The molecule has 2 aromatic carbocycles. The van der Waals surface area contributed by atoms with Crippen LogP contribution in [-0.2, 0) is 15.9 Å². The highest BCUT2D eigenvalue weighted by atomic mass is 16.5. The van der Waals surface area contributed by atoms with Crippen LogP contribution in [0.15, 0.2) is 24.3 Å². The maximum absolute atomic E-state index is 12.8. The van der Waals surface area contributed by atoms with E-state index in [1.165, 1.54) is 0 Å². The second kappa shape index (κ2) is 9.22. The normalized spacial score (nSPS) is 10.6. The van der Waals surface area contributed by atoms with E-state index >= 15 is 0 Å². The fourth-order valence-electron chi connectivity index (χ4n) is 3.11. The average molecular weight is 358 g/mol. The Labute approximate surface area is 154 Å². The van der Waals surface area contributed by atoms with Crippen molar-refractivity contribution >= 4 is 22.7 Å². The standard InChI is InChI=1S/C21H26O5/c1-5-11-15-14-12-9-10-13-16(14)19(24-6-2)18(21(23)26-8-4)17(15)20(22)25-7-3/h9-10,12-13H,5-8,11H2,1-4H3. The number of benzene rings is 2. The summed E-state index contributed by atoms with van der Waals surface area (Å²) in [5.41, 5.74) is 1.22. The quantitative estimate of drug-likeness (QED) is 0.648. The minimum absolute atomic E-state index is 0.161. The predicted octanol–water partition coefficient (Wildman–Crippen LogP) is 4.54. The molecular weight excluding hydrogens is 332 g/mol. The first kappa shape index (κ1) is 19.8. The van der Waals surface area contributed by atoms with Gasteiger partial charge < -0.3 is 14.2 Å². The Bertz CT molecular complexity index is 728. The number of esters is 2. The van der Waals surface area contributed by atoms with Crippen molar-refractivity contribution < 1.29 is 23.8 Å². The molecule has 0 unspecified atom stereocenters. The molecule has 0 spiro atoms. The summed E-state index contributed by atoms with van der Waals surface area (Å²) in [4.78, 5) is 25.5. The Hall–Kier alpha value is -2.56. The van der Waals surface area contributed by atoms with Gasteiger partial charge in [0.05, 0.1) is 25.4 Å². The number of fused-ring (bicyclic) bond motifs is 1. The first-order valence-corrected chi connectivity index (χ1v) is 9.15. The number of hydrogen-bond acceptors (Lipinski definition) is 5. The second-order valence-electron chi connectivity index (χ2n) is 5.73. The molecule has 140 valence electrons. The summed E-state index contributed by atoms with van der Waals surface area (Å²) in [7, 11) is 0. The van der Waals surface area contributed by atoms with Gasteiger partial charge in [0.25, 0.3) is 0 Å². The highest BCUT2D eigenvalue weighted by Crippen LogP contribution is 2.38. The zero-order valence-corrected chi connectivity index (χ0v) is 15.9. The van der Waals surface area contributed by atoms with Crippen LogP contribution in [0.5, 0.6) is 5.75 Å². The molecule has 0 aliphatic rings. The third-order valence-corrected chi connectivity index (χ3v) is 4.02. The van der Waals surface area contributed by atoms with Crippen molar-refractivity contribution in [3.63, 3.8) is 0 Å². The summed E-state index contributed by atoms with van der Waals surface area (Å²) in [6, 6.07) is 7.65. The molecule has 5 nitrogen and oxygen atoms in total. The lowest BCUT2D eigenvalue weighted by Gasteiger charge is -2.20. The van der Waals surface area contributed by atoms with Crippen LogP contribution in [0.2, 0.25) is 0 Å². The van der Waals surface area contributed by atoms with E-state index < -0.39 is 11.9 Å². The molecule has 2 aromatic rings. The number of hydrogen-bond donors (Lipinski definition) is 0. The van der Waals surface area contributed by atoms with E-state index in [2.05, 4.69) is 0 Å².